The van der Waals surface area contributed by atoms with Crippen LogP contribution in [-0.2, 0) is 12.8 Å². The van der Waals surface area contributed by atoms with Crippen molar-refractivity contribution < 1.29 is 4.79 Å². The van der Waals surface area contributed by atoms with Crippen molar-refractivity contribution in [2.75, 3.05) is 0 Å². The van der Waals surface area contributed by atoms with E-state index < -0.39 is 0 Å². The van der Waals surface area contributed by atoms with Crippen LogP contribution < -0.4 is 0 Å². The molecule has 0 amide bonds. The minimum atomic E-state index is 0.888. The van der Waals surface area contributed by atoms with Crippen molar-refractivity contribution in [2.24, 2.45) is 0 Å². The SMILES string of the molecule is CCCCCCCCC(C(=C=[N+]=[N-])CCCC)=C(c1ccc(CCCC)cc1)c1ccc(CCCCCC)cc1. The zero-order valence-electron chi connectivity index (χ0n) is 26.2. The fourth-order valence-corrected chi connectivity index (χ4v) is 5.53. The molecule has 0 bridgehead atoms. The Labute approximate surface area is 246 Å². The molecule has 2 nitrogen and oxygen atoms in total. The van der Waals surface area contributed by atoms with Gasteiger partial charge in [0.2, 0.25) is 0 Å². The normalized spacial score (nSPS) is 11.6. The highest BCUT2D eigenvalue weighted by Crippen LogP contribution is 2.35. The number of unbranched alkanes of at least 4 members (excludes halogenated alkanes) is 10. The van der Waals surface area contributed by atoms with Crippen LogP contribution in [0.1, 0.15) is 153 Å². The zero-order chi connectivity index (χ0) is 28.8. The molecule has 0 saturated carbocycles. The predicted molar refractivity (Wildman–Crippen MR) is 175 cm³/mol. The van der Waals surface area contributed by atoms with E-state index in [9.17, 15) is 5.53 Å². The molecular weight excluding hydrogens is 484 g/mol. The van der Waals surface area contributed by atoms with E-state index in [1.165, 1.54) is 104 Å². The van der Waals surface area contributed by atoms with Crippen molar-refractivity contribution in [3.05, 3.63) is 87.5 Å². The summed E-state index contributed by atoms with van der Waals surface area (Å²) in [7, 11) is 0. The molecule has 0 heterocycles. The van der Waals surface area contributed by atoms with E-state index in [1.807, 2.05) is 0 Å². The summed E-state index contributed by atoms with van der Waals surface area (Å²) in [6.45, 7) is 9.02. The first-order valence-corrected chi connectivity index (χ1v) is 16.6. The van der Waals surface area contributed by atoms with Gasteiger partial charge in [0.05, 0.1) is 5.57 Å². The van der Waals surface area contributed by atoms with Crippen molar-refractivity contribution in [2.45, 2.75) is 143 Å². The third-order valence-corrected chi connectivity index (χ3v) is 8.03. The first-order chi connectivity index (χ1) is 19.7. The Hall–Kier alpha value is -2.66. The minimum absolute atomic E-state index is 0.888. The third-order valence-electron chi connectivity index (χ3n) is 8.03. The van der Waals surface area contributed by atoms with Gasteiger partial charge in [0, 0.05) is 0 Å². The molecule has 0 aromatic heterocycles. The maximum atomic E-state index is 9.62. The molecule has 0 atom stereocenters. The summed E-state index contributed by atoms with van der Waals surface area (Å²) in [5, 5.41) is 0. The summed E-state index contributed by atoms with van der Waals surface area (Å²) in [6.07, 6.45) is 21.5. The number of hydrogen-bond acceptors (Lipinski definition) is 0. The van der Waals surface area contributed by atoms with Gasteiger partial charge in [-0.1, -0.05) is 140 Å². The average Bonchev–Trinajstić information content (AvgIpc) is 2.98. The van der Waals surface area contributed by atoms with Gasteiger partial charge in [-0.2, -0.15) is 0 Å². The van der Waals surface area contributed by atoms with E-state index in [1.54, 1.807) is 0 Å². The van der Waals surface area contributed by atoms with Crippen LogP contribution in [0.25, 0.3) is 11.1 Å². The fraction of sp³-hybridized carbons (Fsp3) is 0.579. The van der Waals surface area contributed by atoms with Crippen LogP contribution in [-0.4, -0.2) is 10.7 Å². The maximum Gasteiger partial charge on any atom is 0.303 e. The highest BCUT2D eigenvalue weighted by atomic mass is 14.8. The van der Waals surface area contributed by atoms with Crippen molar-refractivity contribution >= 4 is 11.4 Å². The van der Waals surface area contributed by atoms with Crippen LogP contribution in [0.3, 0.4) is 0 Å². The Morgan fingerprint density at radius 1 is 0.550 bits per heavy atom. The number of rotatable bonds is 21. The fourth-order valence-electron chi connectivity index (χ4n) is 5.53. The van der Waals surface area contributed by atoms with Crippen LogP contribution in [0.15, 0.2) is 59.7 Å². The van der Waals surface area contributed by atoms with Gasteiger partial charge < -0.3 is 5.53 Å². The van der Waals surface area contributed by atoms with Crippen LogP contribution in [0.5, 0.6) is 0 Å². The quantitative estimate of drug-likeness (QED) is 0.0496. The largest absolute Gasteiger partial charge is 0.348 e. The molecular formula is C38H56N2. The summed E-state index contributed by atoms with van der Waals surface area (Å²) in [5.74, 6) is 3.03. The molecule has 2 aromatic carbocycles. The van der Waals surface area contributed by atoms with E-state index >= 15 is 0 Å². The molecule has 40 heavy (non-hydrogen) atoms. The number of nitrogens with zero attached hydrogens (tertiary/aromatic N) is 2. The highest BCUT2D eigenvalue weighted by Gasteiger charge is 2.18. The molecule has 0 radical (unpaired) electrons. The Bertz CT molecular complexity index is 1060. The maximum absolute atomic E-state index is 9.62. The first-order valence-electron chi connectivity index (χ1n) is 16.6. The summed E-state index contributed by atoms with van der Waals surface area (Å²) in [6, 6.07) is 18.6. The molecule has 0 saturated heterocycles. The van der Waals surface area contributed by atoms with Crippen LogP contribution >= 0.6 is 0 Å². The first kappa shape index (κ1) is 33.5. The average molecular weight is 541 g/mol. The number of aryl methyl sites for hydroxylation is 2. The molecule has 0 unspecified atom stereocenters. The minimum Gasteiger partial charge on any atom is -0.348 e. The van der Waals surface area contributed by atoms with E-state index in [2.05, 4.69) is 86.9 Å². The number of benzene rings is 2. The Kier molecular flexibility index (Phi) is 17.7. The van der Waals surface area contributed by atoms with E-state index in [0.29, 0.717) is 0 Å². The van der Waals surface area contributed by atoms with Gasteiger partial charge in [-0.25, -0.2) is 0 Å². The van der Waals surface area contributed by atoms with Crippen LogP contribution in [0.2, 0.25) is 0 Å². The smallest absolute Gasteiger partial charge is 0.303 e. The lowest BCUT2D eigenvalue weighted by Gasteiger charge is -2.18. The number of hydrogen-bond donors (Lipinski definition) is 0. The van der Waals surface area contributed by atoms with Gasteiger partial charge >= 0.3 is 5.87 Å². The van der Waals surface area contributed by atoms with E-state index in [-0.39, 0.29) is 0 Å². The molecule has 2 rings (SSSR count). The molecule has 0 fully saturated rings. The second kappa shape index (κ2) is 21.1. The molecule has 0 spiro atoms. The van der Waals surface area contributed by atoms with Crippen LogP contribution in [0, 0.1) is 0 Å². The van der Waals surface area contributed by atoms with Gasteiger partial charge in [0.15, 0.2) is 0 Å². The standard InChI is InChI=1S/C38H56N2/c1-5-9-13-15-16-18-22-37(36(31-40-39)21-12-8-4)38(34-27-23-32(24-28-34)19-11-7-3)35-29-25-33(26-30-35)20-17-14-10-6-2/h23-30H,5-22H2,1-4H3. The summed E-state index contributed by atoms with van der Waals surface area (Å²) in [5.41, 5.74) is 18.6. The topological polar surface area (TPSA) is 36.4 Å². The highest BCUT2D eigenvalue weighted by molar-refractivity contribution is 5.87. The van der Waals surface area contributed by atoms with Crippen molar-refractivity contribution in [3.63, 3.8) is 0 Å². The predicted octanol–water partition coefficient (Wildman–Crippen LogP) is 11.7. The van der Waals surface area contributed by atoms with Crippen molar-refractivity contribution in [1.82, 2.24) is 0 Å². The number of allylic oxidation sites excluding steroid dienone is 2. The van der Waals surface area contributed by atoms with Crippen molar-refractivity contribution in [3.8, 4) is 0 Å². The molecule has 0 N–H and O–H groups in total. The van der Waals surface area contributed by atoms with E-state index in [4.69, 9.17) is 0 Å². The Balaban J connectivity index is 2.55. The molecule has 0 aliphatic heterocycles. The molecule has 218 valence electrons. The van der Waals surface area contributed by atoms with Gasteiger partial charge in [0.25, 0.3) is 0 Å². The van der Waals surface area contributed by atoms with Gasteiger partial charge in [0.1, 0.15) is 0 Å². The molecule has 2 aromatic rings. The Morgan fingerprint density at radius 2 is 1.02 bits per heavy atom. The summed E-state index contributed by atoms with van der Waals surface area (Å²) in [4.78, 5) is 3.44. The second-order valence-corrected chi connectivity index (χ2v) is 11.5. The lowest BCUT2D eigenvalue weighted by molar-refractivity contribution is 0.00739. The van der Waals surface area contributed by atoms with Crippen molar-refractivity contribution in [1.29, 1.82) is 0 Å². The second-order valence-electron chi connectivity index (χ2n) is 11.5. The molecule has 0 aliphatic rings. The van der Waals surface area contributed by atoms with E-state index in [0.717, 1.165) is 50.5 Å². The lowest BCUT2D eigenvalue weighted by Crippen LogP contribution is -2.02. The molecule has 2 heteroatoms. The Morgan fingerprint density at radius 3 is 1.55 bits per heavy atom. The summed E-state index contributed by atoms with van der Waals surface area (Å²) < 4.78 is 0. The zero-order valence-corrected chi connectivity index (χ0v) is 26.2. The lowest BCUT2D eigenvalue weighted by atomic mass is 9.84. The molecule has 0 aliphatic carbocycles. The van der Waals surface area contributed by atoms with Gasteiger partial charge in [-0.05, 0) is 84.8 Å². The van der Waals surface area contributed by atoms with Crippen LogP contribution in [0.4, 0.5) is 0 Å². The monoisotopic (exact) mass is 540 g/mol. The summed E-state index contributed by atoms with van der Waals surface area (Å²) >= 11 is 0. The van der Waals surface area contributed by atoms with Gasteiger partial charge in [-0.15, -0.1) is 4.79 Å². The van der Waals surface area contributed by atoms with Gasteiger partial charge in [-0.3, -0.25) is 0 Å². The third kappa shape index (κ3) is 12.2.